The number of likely N-dealkylation sites (N-methyl/N-ethyl adjacent to an activating group) is 1. The molecule has 1 N–H and O–H groups in total. The standard InChI is InChI=1S/C16H25NO/c1-12(2)14-4-6-15(7-5-14)16(9-17-3)8-13-10-18-11-13/h4-7,12-13,16-17H,8-11H2,1-3H3. The summed E-state index contributed by atoms with van der Waals surface area (Å²) in [6.07, 6.45) is 1.24. The van der Waals surface area contributed by atoms with Crippen LogP contribution in [0.3, 0.4) is 0 Å². The summed E-state index contributed by atoms with van der Waals surface area (Å²) >= 11 is 0. The van der Waals surface area contributed by atoms with Crippen molar-refractivity contribution >= 4 is 0 Å². The van der Waals surface area contributed by atoms with Crippen molar-refractivity contribution in [2.45, 2.75) is 32.1 Å². The lowest BCUT2D eigenvalue weighted by Gasteiger charge is -2.30. The van der Waals surface area contributed by atoms with Gasteiger partial charge in [-0.3, -0.25) is 0 Å². The lowest BCUT2D eigenvalue weighted by atomic mass is 9.87. The minimum Gasteiger partial charge on any atom is -0.381 e. The number of benzene rings is 1. The van der Waals surface area contributed by atoms with Crippen LogP contribution in [-0.4, -0.2) is 26.8 Å². The van der Waals surface area contributed by atoms with Crippen LogP contribution < -0.4 is 5.32 Å². The van der Waals surface area contributed by atoms with Crippen molar-refractivity contribution in [1.82, 2.24) is 5.32 Å². The third-order valence-corrected chi connectivity index (χ3v) is 3.85. The van der Waals surface area contributed by atoms with Gasteiger partial charge < -0.3 is 10.1 Å². The molecule has 1 aliphatic heterocycles. The molecule has 1 saturated heterocycles. The number of rotatable bonds is 6. The second-order valence-corrected chi connectivity index (χ2v) is 5.72. The number of nitrogens with one attached hydrogen (secondary N) is 1. The van der Waals surface area contributed by atoms with E-state index in [-0.39, 0.29) is 0 Å². The van der Waals surface area contributed by atoms with Crippen LogP contribution in [0.2, 0.25) is 0 Å². The molecule has 0 bridgehead atoms. The van der Waals surface area contributed by atoms with E-state index in [1.165, 1.54) is 17.5 Å². The summed E-state index contributed by atoms with van der Waals surface area (Å²) in [5, 5.41) is 3.32. The molecule has 1 aromatic rings. The van der Waals surface area contributed by atoms with Gasteiger partial charge in [0.15, 0.2) is 0 Å². The normalized spacial score (nSPS) is 17.8. The lowest BCUT2D eigenvalue weighted by molar-refractivity contribution is -0.0384. The van der Waals surface area contributed by atoms with Crippen molar-refractivity contribution in [3.63, 3.8) is 0 Å². The topological polar surface area (TPSA) is 21.3 Å². The predicted octanol–water partition coefficient (Wildman–Crippen LogP) is 3.15. The molecule has 2 rings (SSSR count). The van der Waals surface area contributed by atoms with E-state index in [1.807, 2.05) is 7.05 Å². The van der Waals surface area contributed by atoms with Crippen LogP contribution in [0.5, 0.6) is 0 Å². The third kappa shape index (κ3) is 3.33. The van der Waals surface area contributed by atoms with Crippen molar-refractivity contribution in [2.75, 3.05) is 26.8 Å². The fourth-order valence-corrected chi connectivity index (χ4v) is 2.56. The second-order valence-electron chi connectivity index (χ2n) is 5.72. The first-order chi connectivity index (χ1) is 8.70. The maximum absolute atomic E-state index is 5.28. The van der Waals surface area contributed by atoms with Crippen LogP contribution in [0.25, 0.3) is 0 Å². The summed E-state index contributed by atoms with van der Waals surface area (Å²) in [6, 6.07) is 9.16. The summed E-state index contributed by atoms with van der Waals surface area (Å²) in [4.78, 5) is 0. The summed E-state index contributed by atoms with van der Waals surface area (Å²) in [6.45, 7) is 7.43. The Balaban J connectivity index is 2.03. The van der Waals surface area contributed by atoms with E-state index in [0.29, 0.717) is 11.8 Å². The first-order valence-corrected chi connectivity index (χ1v) is 7.03. The molecule has 18 heavy (non-hydrogen) atoms. The maximum atomic E-state index is 5.28. The van der Waals surface area contributed by atoms with Crippen LogP contribution >= 0.6 is 0 Å². The summed E-state index contributed by atoms with van der Waals surface area (Å²) in [7, 11) is 2.03. The van der Waals surface area contributed by atoms with Gasteiger partial charge in [0.2, 0.25) is 0 Å². The van der Waals surface area contributed by atoms with E-state index < -0.39 is 0 Å². The number of hydrogen-bond donors (Lipinski definition) is 1. The Hall–Kier alpha value is -0.860. The molecular formula is C16H25NO. The van der Waals surface area contributed by atoms with E-state index in [4.69, 9.17) is 4.74 Å². The van der Waals surface area contributed by atoms with Crippen molar-refractivity contribution in [3.8, 4) is 0 Å². The molecule has 1 atom stereocenters. The van der Waals surface area contributed by atoms with Gasteiger partial charge in [-0.25, -0.2) is 0 Å². The first-order valence-electron chi connectivity index (χ1n) is 7.03. The Bertz CT molecular complexity index is 354. The molecule has 0 radical (unpaired) electrons. The minimum atomic E-state index is 0.613. The number of ether oxygens (including phenoxy) is 1. The van der Waals surface area contributed by atoms with E-state index in [0.717, 1.165) is 25.7 Å². The molecule has 0 saturated carbocycles. The highest BCUT2D eigenvalue weighted by Gasteiger charge is 2.23. The fraction of sp³-hybridized carbons (Fsp3) is 0.625. The van der Waals surface area contributed by atoms with Crippen LogP contribution in [0.1, 0.15) is 43.2 Å². The summed E-state index contributed by atoms with van der Waals surface area (Å²) in [5.74, 6) is 1.99. The molecule has 0 amide bonds. The molecule has 1 heterocycles. The van der Waals surface area contributed by atoms with E-state index in [2.05, 4.69) is 43.4 Å². The highest BCUT2D eigenvalue weighted by molar-refractivity contribution is 5.27. The minimum absolute atomic E-state index is 0.613. The monoisotopic (exact) mass is 247 g/mol. The SMILES string of the molecule is CNCC(CC1COC1)c1ccc(C(C)C)cc1. The van der Waals surface area contributed by atoms with Crippen LogP contribution in [-0.2, 0) is 4.74 Å². The van der Waals surface area contributed by atoms with Gasteiger partial charge in [0.1, 0.15) is 0 Å². The van der Waals surface area contributed by atoms with Crippen LogP contribution in [0, 0.1) is 5.92 Å². The zero-order chi connectivity index (χ0) is 13.0. The second kappa shape index (κ2) is 6.35. The molecule has 2 nitrogen and oxygen atoms in total. The predicted molar refractivity (Wildman–Crippen MR) is 76.1 cm³/mol. The van der Waals surface area contributed by atoms with Crippen molar-refractivity contribution in [1.29, 1.82) is 0 Å². The molecule has 100 valence electrons. The molecule has 1 unspecified atom stereocenters. The third-order valence-electron chi connectivity index (χ3n) is 3.85. The highest BCUT2D eigenvalue weighted by Crippen LogP contribution is 2.28. The maximum Gasteiger partial charge on any atom is 0.0516 e. The van der Waals surface area contributed by atoms with E-state index in [1.54, 1.807) is 0 Å². The molecule has 0 aromatic heterocycles. The molecule has 0 aliphatic carbocycles. The molecule has 1 fully saturated rings. The summed E-state index contributed by atoms with van der Waals surface area (Å²) < 4.78 is 5.28. The zero-order valence-corrected chi connectivity index (χ0v) is 11.8. The van der Waals surface area contributed by atoms with Crippen molar-refractivity contribution in [3.05, 3.63) is 35.4 Å². The first kappa shape index (κ1) is 13.6. The summed E-state index contributed by atoms with van der Waals surface area (Å²) in [5.41, 5.74) is 2.88. The average Bonchev–Trinajstić information content (AvgIpc) is 2.32. The van der Waals surface area contributed by atoms with Gasteiger partial charge in [0, 0.05) is 12.5 Å². The molecule has 0 spiro atoms. The van der Waals surface area contributed by atoms with Gasteiger partial charge >= 0.3 is 0 Å². The molecular weight excluding hydrogens is 222 g/mol. The Morgan fingerprint density at radius 3 is 2.22 bits per heavy atom. The van der Waals surface area contributed by atoms with Gasteiger partial charge in [0.25, 0.3) is 0 Å². The van der Waals surface area contributed by atoms with Crippen molar-refractivity contribution < 1.29 is 4.74 Å². The Morgan fingerprint density at radius 1 is 1.17 bits per heavy atom. The fourth-order valence-electron chi connectivity index (χ4n) is 2.56. The molecule has 1 aromatic carbocycles. The Morgan fingerprint density at radius 2 is 1.78 bits per heavy atom. The highest BCUT2D eigenvalue weighted by atomic mass is 16.5. The van der Waals surface area contributed by atoms with Gasteiger partial charge in [-0.1, -0.05) is 38.1 Å². The lowest BCUT2D eigenvalue weighted by Crippen LogP contribution is -2.31. The van der Waals surface area contributed by atoms with Crippen molar-refractivity contribution in [2.24, 2.45) is 5.92 Å². The molecule has 1 aliphatic rings. The largest absolute Gasteiger partial charge is 0.381 e. The van der Waals surface area contributed by atoms with E-state index >= 15 is 0 Å². The van der Waals surface area contributed by atoms with Gasteiger partial charge in [-0.05, 0) is 36.4 Å². The van der Waals surface area contributed by atoms with Crippen LogP contribution in [0.4, 0.5) is 0 Å². The zero-order valence-electron chi connectivity index (χ0n) is 11.8. The Labute approximate surface area is 111 Å². The smallest absolute Gasteiger partial charge is 0.0516 e. The van der Waals surface area contributed by atoms with Gasteiger partial charge in [0.05, 0.1) is 13.2 Å². The van der Waals surface area contributed by atoms with Gasteiger partial charge in [-0.15, -0.1) is 0 Å². The quantitative estimate of drug-likeness (QED) is 0.834. The average molecular weight is 247 g/mol. The number of hydrogen-bond acceptors (Lipinski definition) is 2. The van der Waals surface area contributed by atoms with E-state index in [9.17, 15) is 0 Å². The molecule has 2 heteroatoms. The van der Waals surface area contributed by atoms with Gasteiger partial charge in [-0.2, -0.15) is 0 Å². The van der Waals surface area contributed by atoms with Crippen LogP contribution in [0.15, 0.2) is 24.3 Å². The Kier molecular flexibility index (Phi) is 4.79.